The van der Waals surface area contributed by atoms with Crippen LogP contribution in [0.15, 0.2) is 36.9 Å². The first-order chi connectivity index (χ1) is 13.0. The maximum absolute atomic E-state index is 12.6. The van der Waals surface area contributed by atoms with E-state index >= 15 is 0 Å². The highest BCUT2D eigenvalue weighted by atomic mass is 16.5. The summed E-state index contributed by atoms with van der Waals surface area (Å²) in [7, 11) is 5.21. The zero-order valence-corrected chi connectivity index (χ0v) is 16.4. The molecule has 1 aliphatic carbocycles. The number of nitrogens with zero attached hydrogens (tertiary/aromatic N) is 3. The molecule has 1 amide bonds. The van der Waals surface area contributed by atoms with Crippen LogP contribution in [0.5, 0.6) is 5.75 Å². The zero-order valence-electron chi connectivity index (χ0n) is 16.4. The molecule has 1 heterocycles. The van der Waals surface area contributed by atoms with Crippen LogP contribution < -0.4 is 10.1 Å². The maximum atomic E-state index is 12.6. The van der Waals surface area contributed by atoms with Gasteiger partial charge in [0.25, 0.3) is 5.91 Å². The van der Waals surface area contributed by atoms with E-state index in [1.54, 1.807) is 26.1 Å². The second-order valence-electron chi connectivity index (χ2n) is 7.12. The third kappa shape index (κ3) is 4.22. The van der Waals surface area contributed by atoms with Crippen molar-refractivity contribution < 1.29 is 9.53 Å². The van der Waals surface area contributed by atoms with Crippen molar-refractivity contribution in [1.29, 1.82) is 0 Å². The van der Waals surface area contributed by atoms with Crippen molar-refractivity contribution in [2.75, 3.05) is 21.2 Å². The average molecular weight is 368 g/mol. The van der Waals surface area contributed by atoms with Crippen LogP contribution in [0.25, 0.3) is 0 Å². The Morgan fingerprint density at radius 2 is 2.30 bits per heavy atom. The molecule has 6 nitrogen and oxygen atoms in total. The van der Waals surface area contributed by atoms with Crippen molar-refractivity contribution in [2.24, 2.45) is 0 Å². The standard InChI is InChI=1S/C21H28N4O2/c1-5-11-25-19-10-9-16(13-18(19)20(23-25)21(26)24(2)3)22-14-15-7-6-8-17(12-15)27-4/h5-8,12,16,22H,1,9-11,13-14H2,2-4H3/t16-/m0/s1. The highest BCUT2D eigenvalue weighted by Crippen LogP contribution is 2.26. The monoisotopic (exact) mass is 368 g/mol. The molecule has 27 heavy (non-hydrogen) atoms. The van der Waals surface area contributed by atoms with Crippen molar-refractivity contribution in [3.05, 3.63) is 59.4 Å². The highest BCUT2D eigenvalue weighted by molar-refractivity contribution is 5.93. The first-order valence-corrected chi connectivity index (χ1v) is 9.31. The van der Waals surface area contributed by atoms with Crippen LogP contribution in [0.3, 0.4) is 0 Å². The summed E-state index contributed by atoms with van der Waals surface area (Å²) < 4.78 is 7.22. The van der Waals surface area contributed by atoms with E-state index in [0.717, 1.165) is 37.1 Å². The minimum Gasteiger partial charge on any atom is -0.497 e. The Kier molecular flexibility index (Phi) is 5.96. The molecule has 0 saturated heterocycles. The summed E-state index contributed by atoms with van der Waals surface area (Å²) in [6, 6.07) is 8.40. The number of fused-ring (bicyclic) bond motifs is 1. The van der Waals surface area contributed by atoms with Gasteiger partial charge in [-0.05, 0) is 37.0 Å². The van der Waals surface area contributed by atoms with Crippen LogP contribution in [-0.4, -0.2) is 47.8 Å². The molecule has 3 rings (SSSR count). The third-order valence-electron chi connectivity index (χ3n) is 4.99. The summed E-state index contributed by atoms with van der Waals surface area (Å²) in [6.45, 7) is 5.21. The van der Waals surface area contributed by atoms with Gasteiger partial charge < -0.3 is 15.0 Å². The molecule has 0 radical (unpaired) electrons. The molecule has 1 aromatic heterocycles. The summed E-state index contributed by atoms with van der Waals surface area (Å²) >= 11 is 0. The quantitative estimate of drug-likeness (QED) is 0.763. The summed E-state index contributed by atoms with van der Waals surface area (Å²) in [4.78, 5) is 14.2. The minimum absolute atomic E-state index is 0.0393. The largest absolute Gasteiger partial charge is 0.497 e. The van der Waals surface area contributed by atoms with Crippen LogP contribution in [0.2, 0.25) is 0 Å². The van der Waals surface area contributed by atoms with Gasteiger partial charge in [0.1, 0.15) is 5.75 Å². The van der Waals surface area contributed by atoms with E-state index in [9.17, 15) is 4.79 Å². The van der Waals surface area contributed by atoms with Gasteiger partial charge in [0.2, 0.25) is 0 Å². The molecule has 1 aromatic carbocycles. The van der Waals surface area contributed by atoms with E-state index in [-0.39, 0.29) is 5.91 Å². The molecule has 0 unspecified atom stereocenters. The Bertz CT molecular complexity index is 826. The van der Waals surface area contributed by atoms with Crippen molar-refractivity contribution in [1.82, 2.24) is 20.0 Å². The van der Waals surface area contributed by atoms with Crippen LogP contribution in [-0.2, 0) is 25.9 Å². The van der Waals surface area contributed by atoms with Crippen LogP contribution in [0.1, 0.15) is 33.7 Å². The maximum Gasteiger partial charge on any atom is 0.274 e. The Morgan fingerprint density at radius 1 is 1.48 bits per heavy atom. The smallest absolute Gasteiger partial charge is 0.274 e. The number of rotatable bonds is 7. The van der Waals surface area contributed by atoms with E-state index in [4.69, 9.17) is 4.74 Å². The Labute approximate surface area is 160 Å². The minimum atomic E-state index is -0.0393. The summed E-state index contributed by atoms with van der Waals surface area (Å²) in [5, 5.41) is 8.22. The van der Waals surface area contributed by atoms with Crippen LogP contribution >= 0.6 is 0 Å². The fourth-order valence-electron chi connectivity index (χ4n) is 3.56. The molecule has 0 saturated carbocycles. The second kappa shape index (κ2) is 8.39. The summed E-state index contributed by atoms with van der Waals surface area (Å²) in [5.74, 6) is 0.826. The second-order valence-corrected chi connectivity index (χ2v) is 7.12. The molecule has 1 N–H and O–H groups in total. The van der Waals surface area contributed by atoms with Gasteiger partial charge >= 0.3 is 0 Å². The van der Waals surface area contributed by atoms with E-state index in [1.807, 2.05) is 29.0 Å². The van der Waals surface area contributed by atoms with Crippen molar-refractivity contribution >= 4 is 5.91 Å². The van der Waals surface area contributed by atoms with E-state index in [2.05, 4.69) is 23.1 Å². The number of aromatic nitrogens is 2. The topological polar surface area (TPSA) is 59.4 Å². The molecule has 0 fully saturated rings. The Balaban J connectivity index is 1.76. The van der Waals surface area contributed by atoms with Gasteiger partial charge in [-0.3, -0.25) is 9.48 Å². The van der Waals surface area contributed by atoms with E-state index in [0.29, 0.717) is 18.3 Å². The lowest BCUT2D eigenvalue weighted by Gasteiger charge is -2.25. The van der Waals surface area contributed by atoms with Gasteiger partial charge in [-0.1, -0.05) is 18.2 Å². The molecule has 0 aliphatic heterocycles. The lowest BCUT2D eigenvalue weighted by atomic mass is 9.91. The van der Waals surface area contributed by atoms with Gasteiger partial charge in [0, 0.05) is 37.9 Å². The number of ether oxygens (including phenoxy) is 1. The average Bonchev–Trinajstić information content (AvgIpc) is 3.04. The molecular weight excluding hydrogens is 340 g/mol. The normalized spacial score (nSPS) is 15.9. The molecule has 6 heteroatoms. The van der Waals surface area contributed by atoms with Gasteiger partial charge in [-0.25, -0.2) is 0 Å². The molecule has 1 atom stereocenters. The molecule has 144 valence electrons. The molecule has 2 aromatic rings. The zero-order chi connectivity index (χ0) is 19.4. The third-order valence-corrected chi connectivity index (χ3v) is 4.99. The van der Waals surface area contributed by atoms with Crippen molar-refractivity contribution in [3.63, 3.8) is 0 Å². The lowest BCUT2D eigenvalue weighted by molar-refractivity contribution is 0.0820. The first kappa shape index (κ1) is 19.2. The van der Waals surface area contributed by atoms with Gasteiger partial charge in [0.05, 0.1) is 13.7 Å². The van der Waals surface area contributed by atoms with Gasteiger partial charge in [-0.15, -0.1) is 6.58 Å². The Morgan fingerprint density at radius 3 is 3.00 bits per heavy atom. The van der Waals surface area contributed by atoms with Gasteiger partial charge in [-0.2, -0.15) is 5.10 Å². The fraction of sp³-hybridized carbons (Fsp3) is 0.429. The van der Waals surface area contributed by atoms with Crippen molar-refractivity contribution in [3.8, 4) is 5.75 Å². The number of hydrogen-bond acceptors (Lipinski definition) is 4. The number of allylic oxidation sites excluding steroid dienone is 1. The molecular formula is C21H28N4O2. The summed E-state index contributed by atoms with van der Waals surface area (Å²) in [5.41, 5.74) is 4.00. The number of benzene rings is 1. The van der Waals surface area contributed by atoms with E-state index < -0.39 is 0 Å². The predicted molar refractivity (Wildman–Crippen MR) is 106 cm³/mol. The van der Waals surface area contributed by atoms with E-state index in [1.165, 1.54) is 11.3 Å². The van der Waals surface area contributed by atoms with Crippen LogP contribution in [0, 0.1) is 0 Å². The number of methoxy groups -OCH3 is 1. The SMILES string of the molecule is C=CCn1nc(C(=O)N(C)C)c2c1CC[C@H](NCc1cccc(OC)c1)C2. The summed E-state index contributed by atoms with van der Waals surface area (Å²) in [6.07, 6.45) is 4.57. The lowest BCUT2D eigenvalue weighted by Crippen LogP contribution is -2.35. The number of amides is 1. The number of nitrogens with one attached hydrogen (secondary N) is 1. The fourth-order valence-corrected chi connectivity index (χ4v) is 3.56. The highest BCUT2D eigenvalue weighted by Gasteiger charge is 2.29. The van der Waals surface area contributed by atoms with Gasteiger partial charge in [0.15, 0.2) is 5.69 Å². The number of carbonyl (C=O) groups is 1. The number of carbonyl (C=O) groups excluding carboxylic acids is 1. The number of hydrogen-bond donors (Lipinski definition) is 1. The Hall–Kier alpha value is -2.60. The van der Waals surface area contributed by atoms with Crippen molar-refractivity contribution in [2.45, 2.75) is 38.4 Å². The first-order valence-electron chi connectivity index (χ1n) is 9.31. The molecule has 0 bridgehead atoms. The van der Waals surface area contributed by atoms with Crippen LogP contribution in [0.4, 0.5) is 0 Å². The molecule has 0 spiro atoms. The molecule has 1 aliphatic rings. The predicted octanol–water partition coefficient (Wildman–Crippen LogP) is 2.43.